The minimum atomic E-state index is -0.0251. The Morgan fingerprint density at radius 3 is 2.74 bits per heavy atom. The Balaban J connectivity index is 1.35. The summed E-state index contributed by atoms with van der Waals surface area (Å²) in [7, 11) is 0. The molecule has 2 aliphatic heterocycles. The first kappa shape index (κ1) is 26.9. The zero-order valence-electron chi connectivity index (χ0n) is 22.5. The number of carbonyl (C=O) groups excluding carboxylic acids is 1. The maximum Gasteiger partial charge on any atom is 0.228 e. The van der Waals surface area contributed by atoms with Gasteiger partial charge in [0.2, 0.25) is 5.91 Å². The normalized spacial score (nSPS) is 19.5. The second kappa shape index (κ2) is 13.4. The fraction of sp³-hybridized carbons (Fsp3) is 0.452. The minimum Gasteiger partial charge on any atom is -0.494 e. The molecule has 1 unspecified atom stereocenters. The molecule has 204 valence electrons. The average molecular weight is 528 g/mol. The van der Waals surface area contributed by atoms with Crippen LogP contribution >= 0.6 is 0 Å². The largest absolute Gasteiger partial charge is 0.494 e. The smallest absolute Gasteiger partial charge is 0.228 e. The van der Waals surface area contributed by atoms with E-state index in [0.29, 0.717) is 31.9 Å². The molecule has 39 heavy (non-hydrogen) atoms. The lowest BCUT2D eigenvalue weighted by Gasteiger charge is -2.27. The molecule has 0 saturated carbocycles. The van der Waals surface area contributed by atoms with E-state index in [-0.39, 0.29) is 11.8 Å². The summed E-state index contributed by atoms with van der Waals surface area (Å²) in [6.07, 6.45) is 7.39. The van der Waals surface area contributed by atoms with Crippen molar-refractivity contribution in [1.29, 1.82) is 5.26 Å². The van der Waals surface area contributed by atoms with Crippen molar-refractivity contribution >= 4 is 5.91 Å². The summed E-state index contributed by atoms with van der Waals surface area (Å²) >= 11 is 0. The SMILES string of the molecule is N#Cc1cccc(CN2CCCCN(C(=O)C3CCOC3)CCCOc3cccc(c3)-c3nccn3CC2)c1. The molecule has 3 heterocycles. The van der Waals surface area contributed by atoms with E-state index in [9.17, 15) is 10.1 Å². The summed E-state index contributed by atoms with van der Waals surface area (Å²) in [4.78, 5) is 22.4. The van der Waals surface area contributed by atoms with Crippen molar-refractivity contribution in [2.75, 3.05) is 46.0 Å². The second-order valence-electron chi connectivity index (χ2n) is 10.4. The number of amides is 1. The Labute approximate surface area is 230 Å². The van der Waals surface area contributed by atoms with Gasteiger partial charge in [0.15, 0.2) is 0 Å². The van der Waals surface area contributed by atoms with Gasteiger partial charge in [-0.2, -0.15) is 5.26 Å². The van der Waals surface area contributed by atoms with Gasteiger partial charge in [0.1, 0.15) is 11.6 Å². The third kappa shape index (κ3) is 7.25. The standard InChI is InChI=1S/C31H37N5O3/c32-22-25-6-3-7-26(20-25)23-34-12-1-2-13-36(31(37)28-10-19-38-24-28)14-5-18-39-29-9-4-8-27(21-29)30-33-11-15-35(30)17-16-34/h3-4,6-9,11,15,20-21,28H,1-2,5,10,12-14,16-19,23-24H2. The number of imidazole rings is 1. The number of nitriles is 1. The van der Waals surface area contributed by atoms with E-state index in [1.54, 1.807) is 0 Å². The van der Waals surface area contributed by atoms with Crippen molar-refractivity contribution < 1.29 is 14.3 Å². The molecule has 1 fully saturated rings. The maximum absolute atomic E-state index is 13.2. The summed E-state index contributed by atoms with van der Waals surface area (Å²) < 4.78 is 13.8. The number of ether oxygens (including phenoxy) is 2. The fourth-order valence-electron chi connectivity index (χ4n) is 5.39. The van der Waals surface area contributed by atoms with Crippen LogP contribution in [0.4, 0.5) is 0 Å². The first-order valence-electron chi connectivity index (χ1n) is 14.0. The van der Waals surface area contributed by atoms with Gasteiger partial charge in [-0.3, -0.25) is 9.69 Å². The predicted molar refractivity (Wildman–Crippen MR) is 149 cm³/mol. The number of fused-ring (bicyclic) bond motifs is 4. The van der Waals surface area contributed by atoms with E-state index >= 15 is 0 Å². The molecule has 1 aromatic heterocycles. The molecule has 3 aromatic rings. The van der Waals surface area contributed by atoms with Crippen LogP contribution < -0.4 is 4.74 Å². The van der Waals surface area contributed by atoms with E-state index in [1.165, 1.54) is 0 Å². The van der Waals surface area contributed by atoms with Crippen LogP contribution in [0.1, 0.15) is 36.8 Å². The molecule has 1 amide bonds. The quantitative estimate of drug-likeness (QED) is 0.504. The number of aromatic nitrogens is 2. The van der Waals surface area contributed by atoms with E-state index < -0.39 is 0 Å². The van der Waals surface area contributed by atoms with Crippen LogP contribution in [0, 0.1) is 17.2 Å². The van der Waals surface area contributed by atoms with Gasteiger partial charge in [0.25, 0.3) is 0 Å². The van der Waals surface area contributed by atoms with Gasteiger partial charge >= 0.3 is 0 Å². The molecule has 1 atom stereocenters. The lowest BCUT2D eigenvalue weighted by Crippen LogP contribution is -2.38. The van der Waals surface area contributed by atoms with Crippen LogP contribution in [0.5, 0.6) is 5.75 Å². The first-order valence-corrected chi connectivity index (χ1v) is 14.0. The molecule has 2 aromatic carbocycles. The average Bonchev–Trinajstić information content (AvgIpc) is 3.67. The highest BCUT2D eigenvalue weighted by molar-refractivity contribution is 5.79. The van der Waals surface area contributed by atoms with Gasteiger partial charge in [-0.1, -0.05) is 24.3 Å². The zero-order valence-corrected chi connectivity index (χ0v) is 22.5. The second-order valence-corrected chi connectivity index (χ2v) is 10.4. The Morgan fingerprint density at radius 1 is 1.00 bits per heavy atom. The van der Waals surface area contributed by atoms with Crippen LogP contribution in [0.2, 0.25) is 0 Å². The van der Waals surface area contributed by atoms with Crippen molar-refractivity contribution in [2.24, 2.45) is 5.92 Å². The molecular formula is C31H37N5O3. The lowest BCUT2D eigenvalue weighted by molar-refractivity contribution is -0.135. The zero-order chi connectivity index (χ0) is 26.9. The molecule has 5 rings (SSSR count). The van der Waals surface area contributed by atoms with Gasteiger partial charge in [-0.05, 0) is 62.1 Å². The van der Waals surface area contributed by atoms with E-state index in [1.807, 2.05) is 53.7 Å². The van der Waals surface area contributed by atoms with Gasteiger partial charge in [0.05, 0.1) is 30.8 Å². The van der Waals surface area contributed by atoms with Crippen molar-refractivity contribution in [2.45, 2.75) is 38.8 Å². The van der Waals surface area contributed by atoms with Crippen LogP contribution in [-0.2, 0) is 22.6 Å². The molecule has 0 N–H and O–H groups in total. The van der Waals surface area contributed by atoms with Crippen molar-refractivity contribution in [3.8, 4) is 23.2 Å². The summed E-state index contributed by atoms with van der Waals surface area (Å²) in [5.41, 5.74) is 2.84. The van der Waals surface area contributed by atoms with Gasteiger partial charge in [-0.15, -0.1) is 0 Å². The van der Waals surface area contributed by atoms with Crippen LogP contribution in [0.15, 0.2) is 60.9 Å². The Hall–Kier alpha value is -3.67. The van der Waals surface area contributed by atoms with E-state index in [4.69, 9.17) is 9.47 Å². The third-order valence-corrected chi connectivity index (χ3v) is 7.51. The highest BCUT2D eigenvalue weighted by Crippen LogP contribution is 2.24. The monoisotopic (exact) mass is 527 g/mol. The number of rotatable bonds is 3. The summed E-state index contributed by atoms with van der Waals surface area (Å²) in [5, 5.41) is 9.36. The van der Waals surface area contributed by atoms with Crippen LogP contribution in [-0.4, -0.2) is 71.3 Å². The first-order chi connectivity index (χ1) is 19.2. The van der Waals surface area contributed by atoms with E-state index in [0.717, 1.165) is 81.1 Å². The molecule has 0 spiro atoms. The lowest BCUT2D eigenvalue weighted by atomic mass is 10.1. The maximum atomic E-state index is 13.2. The summed E-state index contributed by atoms with van der Waals surface area (Å²) in [5.74, 6) is 1.92. The summed E-state index contributed by atoms with van der Waals surface area (Å²) in [6, 6.07) is 18.2. The van der Waals surface area contributed by atoms with Gasteiger partial charge in [-0.25, -0.2) is 4.98 Å². The molecule has 2 aliphatic rings. The number of hydrogen-bond acceptors (Lipinski definition) is 6. The Kier molecular flexibility index (Phi) is 9.26. The van der Waals surface area contributed by atoms with Crippen molar-refractivity contribution in [3.63, 3.8) is 0 Å². The number of nitrogens with zero attached hydrogens (tertiary/aromatic N) is 5. The molecule has 2 bridgehead atoms. The van der Waals surface area contributed by atoms with Gasteiger partial charge < -0.3 is 18.9 Å². The number of benzene rings is 2. The Bertz CT molecular complexity index is 1280. The summed E-state index contributed by atoms with van der Waals surface area (Å²) in [6.45, 7) is 6.50. The minimum absolute atomic E-state index is 0.0251. The molecule has 0 aliphatic carbocycles. The van der Waals surface area contributed by atoms with Gasteiger partial charge in [0, 0.05) is 57.3 Å². The molecule has 8 heteroatoms. The van der Waals surface area contributed by atoms with Crippen molar-refractivity contribution in [1.82, 2.24) is 19.4 Å². The highest BCUT2D eigenvalue weighted by Gasteiger charge is 2.27. The topological polar surface area (TPSA) is 83.6 Å². The molecule has 0 radical (unpaired) electrons. The van der Waals surface area contributed by atoms with E-state index in [2.05, 4.69) is 32.7 Å². The number of carbonyl (C=O) groups is 1. The fourth-order valence-corrected chi connectivity index (χ4v) is 5.39. The molecule has 1 saturated heterocycles. The molecule has 8 nitrogen and oxygen atoms in total. The number of hydrogen-bond donors (Lipinski definition) is 0. The highest BCUT2D eigenvalue weighted by atomic mass is 16.5. The molecular weight excluding hydrogens is 490 g/mol. The third-order valence-electron chi connectivity index (χ3n) is 7.51. The van der Waals surface area contributed by atoms with Crippen LogP contribution in [0.3, 0.4) is 0 Å². The van der Waals surface area contributed by atoms with Crippen molar-refractivity contribution in [3.05, 3.63) is 72.1 Å². The van der Waals surface area contributed by atoms with Crippen LogP contribution in [0.25, 0.3) is 11.4 Å². The predicted octanol–water partition coefficient (Wildman–Crippen LogP) is 4.35. The Morgan fingerprint density at radius 2 is 1.87 bits per heavy atom.